The average molecular weight is 384 g/mol. The number of nitrogens with one attached hydrogen (secondary N) is 1. The number of hydrogen-bond acceptors (Lipinski definition) is 5. The van der Waals surface area contributed by atoms with Gasteiger partial charge in [0.15, 0.2) is 0 Å². The highest BCUT2D eigenvalue weighted by atomic mass is 16.5. The molecule has 0 radical (unpaired) electrons. The van der Waals surface area contributed by atoms with Crippen LogP contribution >= 0.6 is 0 Å². The fourth-order valence-corrected chi connectivity index (χ4v) is 3.13. The van der Waals surface area contributed by atoms with Gasteiger partial charge < -0.3 is 14.2 Å². The lowest BCUT2D eigenvalue weighted by Gasteiger charge is -2.11. The second-order valence-electron chi connectivity index (χ2n) is 6.94. The Morgan fingerprint density at radius 3 is 2.72 bits per heavy atom. The summed E-state index contributed by atoms with van der Waals surface area (Å²) in [6.45, 7) is 5.82. The molecule has 0 unspecified atom stereocenters. The molecule has 1 N–H and O–H groups in total. The van der Waals surface area contributed by atoms with E-state index in [9.17, 15) is 5.26 Å². The summed E-state index contributed by atoms with van der Waals surface area (Å²) in [6.07, 6.45) is 4.00. The maximum atomic E-state index is 9.42. The predicted octanol–water partition coefficient (Wildman–Crippen LogP) is 5.58. The van der Waals surface area contributed by atoms with Crippen molar-refractivity contribution in [1.82, 2.24) is 15.1 Å². The maximum Gasteiger partial charge on any atom is 0.258 e. The quantitative estimate of drug-likeness (QED) is 0.485. The molecule has 0 fully saturated rings. The fourth-order valence-electron chi connectivity index (χ4n) is 3.13. The number of hydrogen-bond donors (Lipinski definition) is 1. The van der Waals surface area contributed by atoms with E-state index in [-0.39, 0.29) is 6.10 Å². The normalized spacial score (nSPS) is 11.4. The van der Waals surface area contributed by atoms with Gasteiger partial charge in [-0.05, 0) is 69.3 Å². The molecule has 0 saturated heterocycles. The van der Waals surface area contributed by atoms with Crippen molar-refractivity contribution >= 4 is 17.0 Å². The summed E-state index contributed by atoms with van der Waals surface area (Å²) in [6, 6.07) is 15.5. The van der Waals surface area contributed by atoms with Crippen LogP contribution in [0.5, 0.6) is 5.75 Å². The molecule has 0 aliphatic heterocycles. The van der Waals surface area contributed by atoms with Crippen LogP contribution in [0, 0.1) is 11.3 Å². The number of benzene rings is 2. The van der Waals surface area contributed by atoms with Crippen molar-refractivity contribution in [3.05, 3.63) is 59.8 Å². The summed E-state index contributed by atoms with van der Waals surface area (Å²) in [5, 5.41) is 14.6. The molecule has 0 amide bonds. The smallest absolute Gasteiger partial charge is 0.258 e. The fraction of sp³-hybridized carbons (Fsp3) is 0.174. The lowest BCUT2D eigenvalue weighted by molar-refractivity contribution is 0.242. The molecule has 0 atom stereocenters. The third-order valence-corrected chi connectivity index (χ3v) is 4.38. The van der Waals surface area contributed by atoms with E-state index in [2.05, 4.69) is 27.3 Å². The van der Waals surface area contributed by atoms with E-state index >= 15 is 0 Å². The van der Waals surface area contributed by atoms with E-state index in [0.717, 1.165) is 22.2 Å². The second kappa shape index (κ2) is 7.64. The highest BCUT2D eigenvalue weighted by Crippen LogP contribution is 2.29. The first kappa shape index (κ1) is 18.5. The summed E-state index contributed by atoms with van der Waals surface area (Å²) in [5.41, 5.74) is 4.06. The lowest BCUT2D eigenvalue weighted by atomic mass is 10.1. The first-order chi connectivity index (χ1) is 14.1. The molecule has 0 bridgehead atoms. The number of allylic oxidation sites excluding steroid dienone is 1. The first-order valence-electron chi connectivity index (χ1n) is 9.38. The molecule has 0 aliphatic rings. The van der Waals surface area contributed by atoms with Crippen LogP contribution in [0.1, 0.15) is 32.0 Å². The molecular formula is C23H20N4O2. The molecule has 2 heterocycles. The van der Waals surface area contributed by atoms with Crippen molar-refractivity contribution in [3.63, 3.8) is 0 Å². The Morgan fingerprint density at radius 1 is 1.14 bits per heavy atom. The van der Waals surface area contributed by atoms with Crippen LogP contribution in [0.4, 0.5) is 0 Å². The standard InChI is InChI=1S/C23H20N4O2/c1-4-5-19-12-17-10-15(6-8-20(17)25-19)22-26-23(29-27-22)16-7-9-21(28-14(2)3)18(11-16)13-24/h4-12,14,25H,1-3H3/b5-4+. The minimum Gasteiger partial charge on any atom is -0.490 e. The number of fused-ring (bicyclic) bond motifs is 1. The largest absolute Gasteiger partial charge is 0.490 e. The van der Waals surface area contributed by atoms with Crippen LogP contribution in [0.15, 0.2) is 53.1 Å². The van der Waals surface area contributed by atoms with Gasteiger partial charge in [0.2, 0.25) is 5.82 Å². The SMILES string of the molecule is C/C=C/c1cc2cc(-c3noc(-c4ccc(OC(C)C)c(C#N)c4)n3)ccc2[nH]1. The van der Waals surface area contributed by atoms with Crippen LogP contribution < -0.4 is 4.74 Å². The zero-order chi connectivity index (χ0) is 20.4. The van der Waals surface area contributed by atoms with Gasteiger partial charge in [-0.3, -0.25) is 0 Å². The van der Waals surface area contributed by atoms with Gasteiger partial charge in [0, 0.05) is 27.7 Å². The maximum absolute atomic E-state index is 9.42. The van der Waals surface area contributed by atoms with E-state index in [1.54, 1.807) is 12.1 Å². The number of aromatic nitrogens is 3. The predicted molar refractivity (Wildman–Crippen MR) is 112 cm³/mol. The third-order valence-electron chi connectivity index (χ3n) is 4.38. The highest BCUT2D eigenvalue weighted by Gasteiger charge is 2.14. The average Bonchev–Trinajstić information content (AvgIpc) is 3.34. The Kier molecular flexibility index (Phi) is 4.88. The molecule has 6 heteroatoms. The van der Waals surface area contributed by atoms with Crippen molar-refractivity contribution in [3.8, 4) is 34.7 Å². The summed E-state index contributed by atoms with van der Waals surface area (Å²) >= 11 is 0. The molecule has 6 nitrogen and oxygen atoms in total. The molecule has 0 aliphatic carbocycles. The van der Waals surface area contributed by atoms with Crippen molar-refractivity contribution in [2.75, 3.05) is 0 Å². The summed E-state index contributed by atoms with van der Waals surface area (Å²) in [4.78, 5) is 7.86. The zero-order valence-electron chi connectivity index (χ0n) is 16.4. The van der Waals surface area contributed by atoms with Gasteiger partial charge in [0.1, 0.15) is 11.8 Å². The molecule has 2 aromatic carbocycles. The number of H-pyrrole nitrogens is 1. The molecule has 0 saturated carbocycles. The highest BCUT2D eigenvalue weighted by molar-refractivity contribution is 5.86. The van der Waals surface area contributed by atoms with Gasteiger partial charge >= 0.3 is 0 Å². The Labute approximate surface area is 168 Å². The zero-order valence-corrected chi connectivity index (χ0v) is 16.4. The number of nitrogens with zero attached hydrogens (tertiary/aromatic N) is 3. The van der Waals surface area contributed by atoms with E-state index in [1.807, 2.05) is 57.2 Å². The Hall–Kier alpha value is -3.85. The summed E-state index contributed by atoms with van der Waals surface area (Å²) in [7, 11) is 0. The molecule has 0 spiro atoms. The van der Waals surface area contributed by atoms with Gasteiger partial charge in [-0.25, -0.2) is 0 Å². The van der Waals surface area contributed by atoms with E-state index in [0.29, 0.717) is 28.6 Å². The van der Waals surface area contributed by atoms with E-state index < -0.39 is 0 Å². The Balaban J connectivity index is 1.66. The summed E-state index contributed by atoms with van der Waals surface area (Å²) < 4.78 is 11.1. The monoisotopic (exact) mass is 384 g/mol. The Bertz CT molecular complexity index is 1240. The molecular weight excluding hydrogens is 364 g/mol. The molecule has 4 aromatic rings. The lowest BCUT2D eigenvalue weighted by Crippen LogP contribution is -2.06. The van der Waals surface area contributed by atoms with Crippen LogP contribution in [0.25, 0.3) is 39.8 Å². The number of ether oxygens (including phenoxy) is 1. The second-order valence-corrected chi connectivity index (χ2v) is 6.94. The van der Waals surface area contributed by atoms with Gasteiger partial charge in [0.25, 0.3) is 5.89 Å². The first-order valence-corrected chi connectivity index (χ1v) is 9.38. The van der Waals surface area contributed by atoms with Crippen LogP contribution in [-0.2, 0) is 0 Å². The van der Waals surface area contributed by atoms with Crippen LogP contribution in [-0.4, -0.2) is 21.2 Å². The van der Waals surface area contributed by atoms with Gasteiger partial charge in [0.05, 0.1) is 11.7 Å². The number of nitriles is 1. The number of aromatic amines is 1. The van der Waals surface area contributed by atoms with Gasteiger partial charge in [-0.15, -0.1) is 0 Å². The van der Waals surface area contributed by atoms with Gasteiger partial charge in [-0.1, -0.05) is 11.2 Å². The summed E-state index contributed by atoms with van der Waals surface area (Å²) in [5.74, 6) is 1.40. The molecule has 144 valence electrons. The molecule has 29 heavy (non-hydrogen) atoms. The topological polar surface area (TPSA) is 87.7 Å². The van der Waals surface area contributed by atoms with Crippen LogP contribution in [0.3, 0.4) is 0 Å². The van der Waals surface area contributed by atoms with E-state index in [4.69, 9.17) is 9.26 Å². The minimum absolute atomic E-state index is 0.0142. The third kappa shape index (κ3) is 3.76. The van der Waals surface area contributed by atoms with Gasteiger partial charge in [-0.2, -0.15) is 10.2 Å². The van der Waals surface area contributed by atoms with Crippen molar-refractivity contribution in [2.45, 2.75) is 26.9 Å². The minimum atomic E-state index is -0.0142. The molecule has 4 rings (SSSR count). The van der Waals surface area contributed by atoms with Crippen LogP contribution in [0.2, 0.25) is 0 Å². The Morgan fingerprint density at radius 2 is 1.97 bits per heavy atom. The van der Waals surface area contributed by atoms with Crippen molar-refractivity contribution in [1.29, 1.82) is 5.26 Å². The number of rotatable bonds is 5. The van der Waals surface area contributed by atoms with Crippen molar-refractivity contribution in [2.24, 2.45) is 0 Å². The van der Waals surface area contributed by atoms with Crippen molar-refractivity contribution < 1.29 is 9.26 Å². The molecule has 2 aromatic heterocycles. The van der Waals surface area contributed by atoms with E-state index in [1.165, 1.54) is 0 Å².